The summed E-state index contributed by atoms with van der Waals surface area (Å²) in [5.74, 6) is -1.21. The largest absolute Gasteiger partial charge is 0.405 e. The van der Waals surface area contributed by atoms with E-state index in [9.17, 15) is 9.90 Å². The van der Waals surface area contributed by atoms with Crippen LogP contribution in [0.25, 0.3) is 0 Å². The van der Waals surface area contributed by atoms with Gasteiger partial charge in [-0.25, -0.2) is 0 Å². The molecule has 1 aliphatic heterocycles. The van der Waals surface area contributed by atoms with Gasteiger partial charge in [0.2, 0.25) is 5.78 Å². The van der Waals surface area contributed by atoms with Gasteiger partial charge < -0.3 is 19.0 Å². The average Bonchev–Trinajstić information content (AvgIpc) is 3.42. The first kappa shape index (κ1) is 27.4. The molecule has 4 rings (SSSR count). The maximum Gasteiger partial charge on any atom is 0.261 e. The summed E-state index contributed by atoms with van der Waals surface area (Å²) in [6.07, 6.45) is -2.85. The smallest absolute Gasteiger partial charge is 0.261 e. The van der Waals surface area contributed by atoms with Gasteiger partial charge in [-0.2, -0.15) is 0 Å². The third kappa shape index (κ3) is 5.45. The van der Waals surface area contributed by atoms with Gasteiger partial charge in [0.1, 0.15) is 12.2 Å². The number of aliphatic hydroxyl groups is 1. The van der Waals surface area contributed by atoms with Crippen molar-refractivity contribution < 1.29 is 23.8 Å². The number of halogens is 1. The number of hydrogen-bond acceptors (Lipinski definition) is 6. The molecular formula is C28H33BrO5SSi. The number of ether oxygens (including phenoxy) is 2. The van der Waals surface area contributed by atoms with Crippen LogP contribution in [0.4, 0.5) is 0 Å². The second kappa shape index (κ2) is 10.6. The molecule has 0 amide bonds. The van der Waals surface area contributed by atoms with Crippen molar-refractivity contribution in [3.63, 3.8) is 0 Å². The molecule has 2 heterocycles. The van der Waals surface area contributed by atoms with E-state index in [-0.39, 0.29) is 17.4 Å². The number of ketones is 1. The first-order chi connectivity index (χ1) is 16.9. The molecule has 3 atom stereocenters. The summed E-state index contributed by atoms with van der Waals surface area (Å²) in [7, 11) is -2.85. The summed E-state index contributed by atoms with van der Waals surface area (Å²) in [6.45, 7) is 10.1. The highest BCUT2D eigenvalue weighted by Gasteiger charge is 2.53. The van der Waals surface area contributed by atoms with E-state index in [2.05, 4.69) is 61.0 Å². The van der Waals surface area contributed by atoms with Crippen molar-refractivity contribution in [2.75, 3.05) is 6.61 Å². The summed E-state index contributed by atoms with van der Waals surface area (Å²) >= 11 is 4.75. The monoisotopic (exact) mass is 588 g/mol. The lowest BCUT2D eigenvalue weighted by molar-refractivity contribution is -0.155. The minimum absolute atomic E-state index is 0.00923. The second-order valence-electron chi connectivity index (χ2n) is 10.5. The quantitative estimate of drug-likeness (QED) is 0.291. The fourth-order valence-corrected chi connectivity index (χ4v) is 10.9. The van der Waals surface area contributed by atoms with Crippen LogP contribution in [-0.2, 0) is 13.9 Å². The van der Waals surface area contributed by atoms with Gasteiger partial charge >= 0.3 is 0 Å². The maximum atomic E-state index is 13.3. The normalized spacial score (nSPS) is 20.9. The number of carbonyl (C=O) groups excluding carboxylic acids is 1. The molecule has 5 nitrogen and oxygen atoms in total. The van der Waals surface area contributed by atoms with E-state index < -0.39 is 32.4 Å². The van der Waals surface area contributed by atoms with Gasteiger partial charge in [0, 0.05) is 0 Å². The van der Waals surface area contributed by atoms with Crippen LogP contribution in [0, 0.1) is 0 Å². The van der Waals surface area contributed by atoms with Crippen LogP contribution in [0.5, 0.6) is 0 Å². The number of rotatable bonds is 8. The zero-order valence-corrected chi connectivity index (χ0v) is 24.6. The molecular weight excluding hydrogens is 556 g/mol. The summed E-state index contributed by atoms with van der Waals surface area (Å²) in [5.41, 5.74) is 0. The third-order valence-electron chi connectivity index (χ3n) is 6.47. The van der Waals surface area contributed by atoms with Gasteiger partial charge in [0.15, 0.2) is 11.9 Å². The van der Waals surface area contributed by atoms with Crippen LogP contribution in [0.15, 0.2) is 76.6 Å². The van der Waals surface area contributed by atoms with Gasteiger partial charge in [0.05, 0.1) is 15.3 Å². The minimum Gasteiger partial charge on any atom is -0.405 e. The Morgan fingerprint density at radius 1 is 1.03 bits per heavy atom. The number of aliphatic hydroxyl groups excluding tert-OH is 1. The topological polar surface area (TPSA) is 65.0 Å². The van der Waals surface area contributed by atoms with Crippen LogP contribution in [-0.4, -0.2) is 49.9 Å². The Morgan fingerprint density at radius 2 is 1.58 bits per heavy atom. The summed E-state index contributed by atoms with van der Waals surface area (Å²) < 4.78 is 19.8. The molecule has 36 heavy (non-hydrogen) atoms. The summed E-state index contributed by atoms with van der Waals surface area (Å²) in [6, 6.07) is 24.1. The molecule has 2 aromatic carbocycles. The average molecular weight is 590 g/mol. The molecule has 1 fully saturated rings. The van der Waals surface area contributed by atoms with E-state index in [1.54, 1.807) is 19.9 Å². The third-order valence-corrected chi connectivity index (χ3v) is 13.1. The number of hydrogen-bond donors (Lipinski definition) is 1. The van der Waals surface area contributed by atoms with Crippen molar-refractivity contribution in [3.8, 4) is 0 Å². The molecule has 0 spiro atoms. The molecule has 0 bridgehead atoms. The van der Waals surface area contributed by atoms with Crippen LogP contribution < -0.4 is 10.4 Å². The SMILES string of the molecule is CC1(C)O[C@H]([C@H](O)CO[Si](c2ccccc2)(c2ccccc2)C(C)(C)C)[C@H](C(=O)c2ccc(Br)s2)O1. The second-order valence-corrected chi connectivity index (χ2v) is 17.3. The van der Waals surface area contributed by atoms with Gasteiger partial charge in [-0.05, 0) is 57.3 Å². The highest BCUT2D eigenvalue weighted by atomic mass is 79.9. The Hall–Kier alpha value is -1.65. The van der Waals surface area contributed by atoms with Gasteiger partial charge in [0.25, 0.3) is 8.32 Å². The van der Waals surface area contributed by atoms with Gasteiger partial charge in [-0.3, -0.25) is 4.79 Å². The van der Waals surface area contributed by atoms with Crippen molar-refractivity contribution in [1.82, 2.24) is 0 Å². The lowest BCUT2D eigenvalue weighted by atomic mass is 10.0. The Kier molecular flexibility index (Phi) is 8.07. The first-order valence-electron chi connectivity index (χ1n) is 12.0. The number of carbonyl (C=O) groups is 1. The summed E-state index contributed by atoms with van der Waals surface area (Å²) in [4.78, 5) is 13.9. The van der Waals surface area contributed by atoms with Gasteiger partial charge in [-0.15, -0.1) is 11.3 Å². The molecule has 1 aromatic heterocycles. The minimum atomic E-state index is -2.85. The molecule has 8 heteroatoms. The molecule has 0 aliphatic carbocycles. The maximum absolute atomic E-state index is 13.3. The lowest BCUT2D eigenvalue weighted by Crippen LogP contribution is -2.67. The fourth-order valence-electron chi connectivity index (χ4n) is 4.93. The molecule has 1 aliphatic rings. The summed E-state index contributed by atoms with van der Waals surface area (Å²) in [5, 5.41) is 13.4. The van der Waals surface area contributed by atoms with E-state index in [1.165, 1.54) is 11.3 Å². The fraction of sp³-hybridized carbons (Fsp3) is 0.393. The lowest BCUT2D eigenvalue weighted by Gasteiger charge is -2.43. The van der Waals surface area contributed by atoms with E-state index in [0.717, 1.165) is 14.2 Å². The predicted octanol–water partition coefficient (Wildman–Crippen LogP) is 5.15. The Bertz CT molecular complexity index is 1140. The zero-order valence-electron chi connectivity index (χ0n) is 21.2. The highest BCUT2D eigenvalue weighted by Crippen LogP contribution is 2.38. The molecule has 3 aromatic rings. The Balaban J connectivity index is 1.66. The van der Waals surface area contributed by atoms with Crippen molar-refractivity contribution in [2.45, 2.75) is 63.8 Å². The van der Waals surface area contributed by atoms with Crippen LogP contribution in [0.2, 0.25) is 5.04 Å². The van der Waals surface area contributed by atoms with E-state index in [0.29, 0.717) is 4.88 Å². The molecule has 0 saturated carbocycles. The molecule has 192 valence electrons. The van der Waals surface area contributed by atoms with Crippen molar-refractivity contribution in [3.05, 3.63) is 81.5 Å². The van der Waals surface area contributed by atoms with Crippen LogP contribution in [0.3, 0.4) is 0 Å². The van der Waals surface area contributed by atoms with Gasteiger partial charge in [-0.1, -0.05) is 81.4 Å². The highest BCUT2D eigenvalue weighted by molar-refractivity contribution is 9.11. The Labute approximate surface area is 226 Å². The molecule has 0 radical (unpaired) electrons. The van der Waals surface area contributed by atoms with Crippen LogP contribution in [0.1, 0.15) is 44.3 Å². The van der Waals surface area contributed by atoms with E-state index >= 15 is 0 Å². The Morgan fingerprint density at radius 3 is 2.06 bits per heavy atom. The number of benzene rings is 2. The van der Waals surface area contributed by atoms with Crippen molar-refractivity contribution in [1.29, 1.82) is 0 Å². The molecule has 1 saturated heterocycles. The molecule has 1 N–H and O–H groups in total. The number of thiophene rings is 1. The van der Waals surface area contributed by atoms with Crippen molar-refractivity contribution >= 4 is 51.7 Å². The molecule has 0 unspecified atom stereocenters. The standard InChI is InChI=1S/C28H33BrO5SSi/c1-27(2,3)36(19-12-8-6-9-13-19,20-14-10-7-11-15-20)32-18-21(30)25-26(34-28(4,5)33-25)24(31)22-16-17-23(29)35-22/h6-17,21,25-26,30H,18H2,1-5H3/t21-,25-,26+/m1/s1. The van der Waals surface area contributed by atoms with Crippen molar-refractivity contribution in [2.24, 2.45) is 0 Å². The van der Waals surface area contributed by atoms with E-state index in [1.807, 2.05) is 42.5 Å². The van der Waals surface area contributed by atoms with E-state index in [4.69, 9.17) is 13.9 Å². The van der Waals surface area contributed by atoms with Crippen LogP contribution >= 0.6 is 27.3 Å². The number of Topliss-reactive ketones (excluding diaryl/α,β-unsaturated/α-hetero) is 1. The zero-order chi connectivity index (χ0) is 26.1. The first-order valence-corrected chi connectivity index (χ1v) is 15.5. The predicted molar refractivity (Wildman–Crippen MR) is 150 cm³/mol.